The van der Waals surface area contributed by atoms with Gasteiger partial charge in [-0.3, -0.25) is 0 Å². The van der Waals surface area contributed by atoms with E-state index < -0.39 is 16.0 Å². The highest BCUT2D eigenvalue weighted by molar-refractivity contribution is 7.99. The molecule has 0 unspecified atom stereocenters. The van der Waals surface area contributed by atoms with Crippen molar-refractivity contribution in [3.63, 3.8) is 0 Å². The van der Waals surface area contributed by atoms with E-state index in [1.54, 1.807) is 24.3 Å². The molecule has 3 N–H and O–H groups in total. The third kappa shape index (κ3) is 3.60. The quantitative estimate of drug-likeness (QED) is 0.902. The Hall–Kier alpha value is -1.83. The monoisotopic (exact) mass is 309 g/mol. The Morgan fingerprint density at radius 3 is 1.80 bits per heavy atom. The first kappa shape index (κ1) is 14.6. The molecule has 104 valence electrons. The summed E-state index contributed by atoms with van der Waals surface area (Å²) in [4.78, 5) is 12.5. The van der Waals surface area contributed by atoms with E-state index in [-0.39, 0.29) is 10.5 Å². The summed E-state index contributed by atoms with van der Waals surface area (Å²) in [6.45, 7) is 0. The Bertz CT molecular complexity index is 722. The van der Waals surface area contributed by atoms with E-state index in [1.807, 2.05) is 0 Å². The summed E-state index contributed by atoms with van der Waals surface area (Å²) in [7, 11) is -3.68. The van der Waals surface area contributed by atoms with Gasteiger partial charge in [-0.05, 0) is 48.5 Å². The second-order valence-corrected chi connectivity index (χ2v) is 6.66. The van der Waals surface area contributed by atoms with Gasteiger partial charge in [-0.15, -0.1) is 0 Å². The van der Waals surface area contributed by atoms with Gasteiger partial charge in [0.25, 0.3) is 0 Å². The molecule has 0 aliphatic carbocycles. The summed E-state index contributed by atoms with van der Waals surface area (Å²) in [6, 6.07) is 12.6. The summed E-state index contributed by atoms with van der Waals surface area (Å²) in [5.41, 5.74) is 0.221. The van der Waals surface area contributed by atoms with Crippen LogP contribution in [0.15, 0.2) is 63.2 Å². The number of aromatic carboxylic acids is 1. The fourth-order valence-electron chi connectivity index (χ4n) is 1.50. The molecule has 0 amide bonds. The lowest BCUT2D eigenvalue weighted by Crippen LogP contribution is -2.11. The van der Waals surface area contributed by atoms with Crippen molar-refractivity contribution >= 4 is 27.8 Å². The molecule has 0 heterocycles. The molecule has 0 fully saturated rings. The second kappa shape index (κ2) is 5.66. The Morgan fingerprint density at radius 1 is 0.950 bits per heavy atom. The molecule has 5 nitrogen and oxygen atoms in total. The van der Waals surface area contributed by atoms with Crippen molar-refractivity contribution in [3.8, 4) is 0 Å². The van der Waals surface area contributed by atoms with E-state index in [1.165, 1.54) is 36.0 Å². The van der Waals surface area contributed by atoms with Crippen molar-refractivity contribution < 1.29 is 18.3 Å². The lowest BCUT2D eigenvalue weighted by molar-refractivity contribution is 0.0697. The highest BCUT2D eigenvalue weighted by Crippen LogP contribution is 2.28. The number of carboxylic acid groups (broad SMARTS) is 1. The Kier molecular flexibility index (Phi) is 4.12. The zero-order valence-corrected chi connectivity index (χ0v) is 11.8. The highest BCUT2D eigenvalue weighted by Gasteiger charge is 2.07. The van der Waals surface area contributed by atoms with Crippen LogP contribution < -0.4 is 5.14 Å². The topological polar surface area (TPSA) is 97.5 Å². The van der Waals surface area contributed by atoms with Crippen LogP contribution in [0, 0.1) is 0 Å². The maximum atomic E-state index is 11.1. The third-order valence-electron chi connectivity index (χ3n) is 2.49. The molecule has 0 bridgehead atoms. The van der Waals surface area contributed by atoms with Crippen molar-refractivity contribution in [1.82, 2.24) is 0 Å². The molecule has 0 saturated heterocycles. The summed E-state index contributed by atoms with van der Waals surface area (Å²) >= 11 is 1.40. The number of hydrogen-bond donors (Lipinski definition) is 2. The van der Waals surface area contributed by atoms with Gasteiger partial charge in [0.2, 0.25) is 10.0 Å². The minimum atomic E-state index is -3.68. The van der Waals surface area contributed by atoms with Gasteiger partial charge in [0, 0.05) is 9.79 Å². The molecule has 2 aromatic rings. The summed E-state index contributed by atoms with van der Waals surface area (Å²) < 4.78 is 22.2. The van der Waals surface area contributed by atoms with Crippen molar-refractivity contribution in [2.45, 2.75) is 14.7 Å². The lowest BCUT2D eigenvalue weighted by atomic mass is 10.2. The standard InChI is InChI=1S/C13H11NO4S2/c14-20(17,18)12-7-5-11(6-8-12)19-10-3-1-9(2-4-10)13(15)16/h1-8H,(H,15,16)(H2,14,17,18). The first-order valence-electron chi connectivity index (χ1n) is 5.50. The summed E-state index contributed by atoms with van der Waals surface area (Å²) in [5, 5.41) is 13.8. The molecule has 0 aromatic heterocycles. The SMILES string of the molecule is NS(=O)(=O)c1ccc(Sc2ccc(C(=O)O)cc2)cc1. The lowest BCUT2D eigenvalue weighted by Gasteiger charge is -2.03. The Labute approximate surface area is 120 Å². The fraction of sp³-hybridized carbons (Fsp3) is 0. The number of rotatable bonds is 4. The first-order chi connectivity index (χ1) is 9.36. The normalized spacial score (nSPS) is 11.2. The number of benzene rings is 2. The third-order valence-corrected chi connectivity index (χ3v) is 4.43. The average molecular weight is 309 g/mol. The van der Waals surface area contributed by atoms with Crippen LogP contribution in [0.3, 0.4) is 0 Å². The molecule has 0 atom stereocenters. The fourth-order valence-corrected chi connectivity index (χ4v) is 2.83. The minimum absolute atomic E-state index is 0.0584. The van der Waals surface area contributed by atoms with Crippen LogP contribution in [-0.4, -0.2) is 19.5 Å². The van der Waals surface area contributed by atoms with Gasteiger partial charge >= 0.3 is 5.97 Å². The predicted octanol–water partition coefficient (Wildman–Crippen LogP) is 2.18. The molecule has 2 aromatic carbocycles. The molecule has 0 saturated carbocycles. The first-order valence-corrected chi connectivity index (χ1v) is 7.86. The van der Waals surface area contributed by atoms with Crippen LogP contribution in [0.2, 0.25) is 0 Å². The smallest absolute Gasteiger partial charge is 0.335 e. The predicted molar refractivity (Wildman–Crippen MR) is 75.3 cm³/mol. The summed E-state index contributed by atoms with van der Waals surface area (Å²) in [6.07, 6.45) is 0. The van der Waals surface area contributed by atoms with Crippen LogP contribution in [0.25, 0.3) is 0 Å². The van der Waals surface area contributed by atoms with Gasteiger partial charge in [-0.2, -0.15) is 0 Å². The van der Waals surface area contributed by atoms with E-state index in [4.69, 9.17) is 10.2 Å². The number of primary sulfonamides is 1. The maximum absolute atomic E-state index is 11.1. The van der Waals surface area contributed by atoms with Crippen LogP contribution >= 0.6 is 11.8 Å². The number of carboxylic acids is 1. The van der Waals surface area contributed by atoms with Gasteiger partial charge < -0.3 is 5.11 Å². The average Bonchev–Trinajstić information content (AvgIpc) is 2.39. The van der Waals surface area contributed by atoms with Gasteiger partial charge in [-0.25, -0.2) is 18.4 Å². The van der Waals surface area contributed by atoms with E-state index in [2.05, 4.69) is 0 Å². The van der Waals surface area contributed by atoms with Gasteiger partial charge in [0.15, 0.2) is 0 Å². The van der Waals surface area contributed by atoms with E-state index >= 15 is 0 Å². The van der Waals surface area contributed by atoms with Gasteiger partial charge in [-0.1, -0.05) is 11.8 Å². The van der Waals surface area contributed by atoms with Crippen LogP contribution in [0.5, 0.6) is 0 Å². The maximum Gasteiger partial charge on any atom is 0.335 e. The minimum Gasteiger partial charge on any atom is -0.478 e. The van der Waals surface area contributed by atoms with Crippen LogP contribution in [-0.2, 0) is 10.0 Å². The van der Waals surface area contributed by atoms with Crippen molar-refractivity contribution in [2.24, 2.45) is 5.14 Å². The zero-order chi connectivity index (χ0) is 14.8. The van der Waals surface area contributed by atoms with Gasteiger partial charge in [0.1, 0.15) is 0 Å². The largest absolute Gasteiger partial charge is 0.478 e. The van der Waals surface area contributed by atoms with Gasteiger partial charge in [0.05, 0.1) is 10.5 Å². The molecule has 0 radical (unpaired) electrons. The van der Waals surface area contributed by atoms with E-state index in [9.17, 15) is 13.2 Å². The number of sulfonamides is 1. The zero-order valence-electron chi connectivity index (χ0n) is 10.2. The molecule has 0 spiro atoms. The van der Waals surface area contributed by atoms with Crippen LogP contribution in [0.1, 0.15) is 10.4 Å². The van der Waals surface area contributed by atoms with E-state index in [0.717, 1.165) is 9.79 Å². The Morgan fingerprint density at radius 2 is 1.40 bits per heavy atom. The number of nitrogens with two attached hydrogens (primary N) is 1. The number of carbonyl (C=O) groups is 1. The molecule has 7 heteroatoms. The molecule has 0 aliphatic heterocycles. The van der Waals surface area contributed by atoms with Crippen molar-refractivity contribution in [2.75, 3.05) is 0 Å². The van der Waals surface area contributed by atoms with Crippen molar-refractivity contribution in [1.29, 1.82) is 0 Å². The number of hydrogen-bond acceptors (Lipinski definition) is 4. The highest BCUT2D eigenvalue weighted by atomic mass is 32.2. The molecular weight excluding hydrogens is 298 g/mol. The van der Waals surface area contributed by atoms with E-state index in [0.29, 0.717) is 0 Å². The van der Waals surface area contributed by atoms with Crippen LogP contribution in [0.4, 0.5) is 0 Å². The molecule has 20 heavy (non-hydrogen) atoms. The summed E-state index contributed by atoms with van der Waals surface area (Å²) in [5.74, 6) is -0.973. The molecular formula is C13H11NO4S2. The molecule has 0 aliphatic rings. The molecule has 2 rings (SSSR count). The van der Waals surface area contributed by atoms with Crippen molar-refractivity contribution in [3.05, 3.63) is 54.1 Å². The Balaban J connectivity index is 2.16. The second-order valence-electron chi connectivity index (χ2n) is 3.95.